The average molecular weight is 286 g/mol. The van der Waals surface area contributed by atoms with Crippen LogP contribution in [0.25, 0.3) is 0 Å². The molecule has 0 aliphatic heterocycles. The summed E-state index contributed by atoms with van der Waals surface area (Å²) in [5.41, 5.74) is 5.80. The van der Waals surface area contributed by atoms with Gasteiger partial charge in [0.15, 0.2) is 0 Å². The van der Waals surface area contributed by atoms with Crippen molar-refractivity contribution >= 4 is 11.6 Å². The van der Waals surface area contributed by atoms with E-state index < -0.39 is 17.5 Å². The van der Waals surface area contributed by atoms with Gasteiger partial charge in [-0.2, -0.15) is 0 Å². The monoisotopic (exact) mass is 286 g/mol. The number of nitrogens with one attached hydrogen (secondary N) is 1. The fourth-order valence-electron chi connectivity index (χ4n) is 1.67. The van der Waals surface area contributed by atoms with Gasteiger partial charge in [0.1, 0.15) is 11.6 Å². The number of hydrogen-bond donors (Lipinski definition) is 2. The second-order valence-electron chi connectivity index (χ2n) is 4.16. The van der Waals surface area contributed by atoms with Crippen LogP contribution in [0.5, 0.6) is 0 Å². The number of nitrogens with two attached hydrogens (primary N) is 1. The molecule has 2 rings (SSSR count). The number of hydrogen-bond acceptors (Lipinski definition) is 2. The smallest absolute Gasteiger partial charge is 0.255 e. The van der Waals surface area contributed by atoms with E-state index in [1.807, 2.05) is 0 Å². The molecule has 0 bridgehead atoms. The second kappa shape index (κ2) is 6.64. The van der Waals surface area contributed by atoms with Gasteiger partial charge >= 0.3 is 0 Å². The molecular weight excluding hydrogens is 274 g/mol. The van der Waals surface area contributed by atoms with Crippen molar-refractivity contribution in [2.24, 2.45) is 5.73 Å². The molecule has 0 saturated carbocycles. The van der Waals surface area contributed by atoms with Gasteiger partial charge in [-0.3, -0.25) is 4.79 Å². The highest BCUT2D eigenvalue weighted by molar-refractivity contribution is 6.04. The normalized spacial score (nSPS) is 9.67. The van der Waals surface area contributed by atoms with Crippen LogP contribution in [-0.4, -0.2) is 12.5 Å². The highest BCUT2D eigenvalue weighted by Crippen LogP contribution is 2.13. The molecule has 2 aromatic rings. The van der Waals surface area contributed by atoms with Crippen LogP contribution >= 0.6 is 0 Å². The lowest BCUT2D eigenvalue weighted by atomic mass is 10.1. The largest absolute Gasteiger partial charge is 0.322 e. The molecule has 0 atom stereocenters. The van der Waals surface area contributed by atoms with Gasteiger partial charge < -0.3 is 11.1 Å². The second-order valence-corrected chi connectivity index (χ2v) is 4.16. The van der Waals surface area contributed by atoms with Crippen molar-refractivity contribution < 1.29 is 13.6 Å². The molecule has 2 aromatic carbocycles. The fraction of sp³-hybridized carbons (Fsp3) is 0.0625. The molecule has 0 aliphatic rings. The van der Waals surface area contributed by atoms with E-state index in [0.29, 0.717) is 5.69 Å². The molecule has 3 nitrogen and oxygen atoms in total. The summed E-state index contributed by atoms with van der Waals surface area (Å²) in [6, 6.07) is 9.37. The SMILES string of the molecule is NCC#Cc1ccc(C(=O)Nc2cccc(F)c2)cc1F. The summed E-state index contributed by atoms with van der Waals surface area (Å²) >= 11 is 0. The molecule has 5 heteroatoms. The summed E-state index contributed by atoms with van der Waals surface area (Å²) in [5, 5.41) is 2.49. The van der Waals surface area contributed by atoms with Crippen LogP contribution in [0.15, 0.2) is 42.5 Å². The predicted octanol–water partition coefficient (Wildman–Crippen LogP) is 2.53. The van der Waals surface area contributed by atoms with E-state index in [2.05, 4.69) is 17.2 Å². The Balaban J connectivity index is 2.18. The van der Waals surface area contributed by atoms with E-state index in [1.165, 1.54) is 30.3 Å². The summed E-state index contributed by atoms with van der Waals surface area (Å²) in [5.74, 6) is 3.50. The topological polar surface area (TPSA) is 55.1 Å². The van der Waals surface area contributed by atoms with Crippen molar-refractivity contribution in [1.82, 2.24) is 0 Å². The minimum Gasteiger partial charge on any atom is -0.322 e. The zero-order valence-corrected chi connectivity index (χ0v) is 11.0. The minimum atomic E-state index is -0.608. The van der Waals surface area contributed by atoms with Gasteiger partial charge in [-0.1, -0.05) is 17.9 Å². The van der Waals surface area contributed by atoms with Crippen LogP contribution in [0, 0.1) is 23.5 Å². The molecule has 3 N–H and O–H groups in total. The first-order valence-electron chi connectivity index (χ1n) is 6.15. The third-order valence-electron chi connectivity index (χ3n) is 2.64. The molecule has 0 saturated heterocycles. The molecule has 0 fully saturated rings. The molecule has 0 heterocycles. The number of rotatable bonds is 2. The van der Waals surface area contributed by atoms with E-state index in [-0.39, 0.29) is 17.7 Å². The van der Waals surface area contributed by atoms with E-state index >= 15 is 0 Å². The lowest BCUT2D eigenvalue weighted by Crippen LogP contribution is -2.12. The van der Waals surface area contributed by atoms with E-state index in [0.717, 1.165) is 6.07 Å². The maximum atomic E-state index is 13.8. The number of halogens is 2. The zero-order chi connectivity index (χ0) is 15.2. The molecule has 0 aromatic heterocycles. The molecule has 0 radical (unpaired) electrons. The van der Waals surface area contributed by atoms with Gasteiger partial charge in [0.05, 0.1) is 12.1 Å². The van der Waals surface area contributed by atoms with Crippen molar-refractivity contribution in [3.05, 3.63) is 65.2 Å². The van der Waals surface area contributed by atoms with Crippen molar-refractivity contribution in [1.29, 1.82) is 0 Å². The van der Waals surface area contributed by atoms with Crippen LogP contribution in [0.4, 0.5) is 14.5 Å². The Kier molecular flexibility index (Phi) is 4.64. The van der Waals surface area contributed by atoms with Crippen molar-refractivity contribution in [2.75, 3.05) is 11.9 Å². The Bertz CT molecular complexity index is 733. The van der Waals surface area contributed by atoms with Gasteiger partial charge in [-0.15, -0.1) is 0 Å². The standard InChI is InChI=1S/C16H12F2N2O/c17-13-4-1-5-14(10-13)20-16(21)12-7-6-11(3-2-8-19)15(18)9-12/h1,4-7,9-10H,8,19H2,(H,20,21). The predicted molar refractivity (Wildman–Crippen MR) is 76.7 cm³/mol. The number of carbonyl (C=O) groups excluding carboxylic acids is 1. The lowest BCUT2D eigenvalue weighted by Gasteiger charge is -2.06. The summed E-state index contributed by atoms with van der Waals surface area (Å²) in [4.78, 5) is 11.9. The Hall–Kier alpha value is -2.71. The Morgan fingerprint density at radius 1 is 1.19 bits per heavy atom. The molecule has 1 amide bonds. The lowest BCUT2D eigenvalue weighted by molar-refractivity contribution is 0.102. The summed E-state index contributed by atoms with van der Waals surface area (Å²) < 4.78 is 26.8. The van der Waals surface area contributed by atoms with Gasteiger partial charge in [0.25, 0.3) is 5.91 Å². The number of anilines is 1. The van der Waals surface area contributed by atoms with E-state index in [4.69, 9.17) is 5.73 Å². The summed E-state index contributed by atoms with van der Waals surface area (Å²) in [6.07, 6.45) is 0. The van der Waals surface area contributed by atoms with Crippen molar-refractivity contribution in [3.63, 3.8) is 0 Å². The molecule has 106 valence electrons. The first kappa shape index (κ1) is 14.7. The minimum absolute atomic E-state index is 0.120. The Morgan fingerprint density at radius 3 is 2.67 bits per heavy atom. The third-order valence-corrected chi connectivity index (χ3v) is 2.64. The molecule has 0 aliphatic carbocycles. The van der Waals surface area contributed by atoms with Crippen molar-refractivity contribution in [3.8, 4) is 11.8 Å². The number of carbonyl (C=O) groups is 1. The van der Waals surface area contributed by atoms with Gasteiger partial charge in [-0.25, -0.2) is 8.78 Å². The highest BCUT2D eigenvalue weighted by Gasteiger charge is 2.09. The van der Waals surface area contributed by atoms with E-state index in [9.17, 15) is 13.6 Å². The maximum absolute atomic E-state index is 13.8. The maximum Gasteiger partial charge on any atom is 0.255 e. The summed E-state index contributed by atoms with van der Waals surface area (Å²) in [7, 11) is 0. The van der Waals surface area contributed by atoms with Gasteiger partial charge in [0.2, 0.25) is 0 Å². The highest BCUT2D eigenvalue weighted by atomic mass is 19.1. The first-order valence-corrected chi connectivity index (χ1v) is 6.15. The van der Waals surface area contributed by atoms with Crippen LogP contribution in [0.1, 0.15) is 15.9 Å². The van der Waals surface area contributed by atoms with E-state index in [1.54, 1.807) is 6.07 Å². The van der Waals surface area contributed by atoms with Crippen molar-refractivity contribution in [2.45, 2.75) is 0 Å². The molecule has 0 spiro atoms. The summed E-state index contributed by atoms with van der Waals surface area (Å²) in [6.45, 7) is 0.126. The first-order chi connectivity index (χ1) is 10.1. The third kappa shape index (κ3) is 3.88. The Labute approximate surface area is 120 Å². The van der Waals surface area contributed by atoms with Gasteiger partial charge in [0, 0.05) is 11.3 Å². The quantitative estimate of drug-likeness (QED) is 0.834. The number of amides is 1. The number of benzene rings is 2. The van der Waals surface area contributed by atoms with Crippen LogP contribution in [0.3, 0.4) is 0 Å². The Morgan fingerprint density at radius 2 is 2.00 bits per heavy atom. The van der Waals surface area contributed by atoms with Crippen LogP contribution < -0.4 is 11.1 Å². The molecular formula is C16H12F2N2O. The van der Waals surface area contributed by atoms with Gasteiger partial charge in [-0.05, 0) is 36.4 Å². The molecule has 21 heavy (non-hydrogen) atoms. The van der Waals surface area contributed by atoms with Crippen LogP contribution in [-0.2, 0) is 0 Å². The average Bonchev–Trinajstić information content (AvgIpc) is 2.46. The molecule has 0 unspecified atom stereocenters. The zero-order valence-electron chi connectivity index (χ0n) is 11.0. The van der Waals surface area contributed by atoms with Crippen LogP contribution in [0.2, 0.25) is 0 Å². The fourth-order valence-corrected chi connectivity index (χ4v) is 1.67.